The van der Waals surface area contributed by atoms with Crippen LogP contribution in [0.15, 0.2) is 24.5 Å². The van der Waals surface area contributed by atoms with E-state index in [1.165, 1.54) is 6.07 Å². The third-order valence-corrected chi connectivity index (χ3v) is 3.47. The molecule has 0 atom stereocenters. The smallest absolute Gasteiger partial charge is 0.167 e. The minimum atomic E-state index is -0.424. The van der Waals surface area contributed by atoms with Crippen LogP contribution in [0, 0.1) is 5.82 Å². The molecule has 2 heterocycles. The van der Waals surface area contributed by atoms with Gasteiger partial charge in [-0.25, -0.2) is 9.37 Å². The van der Waals surface area contributed by atoms with Gasteiger partial charge in [0.05, 0.1) is 24.5 Å². The minimum absolute atomic E-state index is 0.241. The molecular formula is C14H17FN4O. The number of fused-ring (bicyclic) bond motifs is 1. The van der Waals surface area contributed by atoms with Gasteiger partial charge in [0.2, 0.25) is 0 Å². The van der Waals surface area contributed by atoms with Crippen LogP contribution in [0.5, 0.6) is 5.75 Å². The number of anilines is 2. The van der Waals surface area contributed by atoms with Crippen LogP contribution >= 0.6 is 0 Å². The summed E-state index contributed by atoms with van der Waals surface area (Å²) < 4.78 is 21.1. The molecule has 0 spiro atoms. The molecule has 0 amide bonds. The molecule has 1 aliphatic rings. The van der Waals surface area contributed by atoms with Crippen molar-refractivity contribution >= 4 is 11.4 Å². The minimum Gasteiger partial charge on any atom is -0.491 e. The highest BCUT2D eigenvalue weighted by molar-refractivity contribution is 5.70. The average molecular weight is 276 g/mol. The Morgan fingerprint density at radius 2 is 2.25 bits per heavy atom. The van der Waals surface area contributed by atoms with Crippen molar-refractivity contribution < 1.29 is 9.13 Å². The number of nitrogens with zero attached hydrogens (tertiary/aromatic N) is 3. The van der Waals surface area contributed by atoms with Crippen LogP contribution in [0.25, 0.3) is 0 Å². The molecule has 0 unspecified atom stereocenters. The number of nitrogen functional groups attached to an aromatic ring is 1. The molecule has 0 bridgehead atoms. The van der Waals surface area contributed by atoms with Crippen LogP contribution in [0.4, 0.5) is 15.8 Å². The Bertz CT molecular complexity index is 626. The van der Waals surface area contributed by atoms with Crippen LogP contribution < -0.4 is 15.4 Å². The standard InChI is InChI=1S/C14H17FN4O/c1-2-20-13-8-12(11(16)7-10(13)15)19-6-5-18-4-3-17-14(18)9-19/h3-4,7-8H,2,5-6,9,16H2,1H3. The lowest BCUT2D eigenvalue weighted by molar-refractivity contribution is 0.321. The second kappa shape index (κ2) is 5.03. The maximum Gasteiger partial charge on any atom is 0.167 e. The normalized spacial score (nSPS) is 14.2. The Balaban J connectivity index is 1.92. The van der Waals surface area contributed by atoms with E-state index in [0.29, 0.717) is 18.8 Å². The fourth-order valence-electron chi connectivity index (χ4n) is 2.48. The van der Waals surface area contributed by atoms with E-state index in [2.05, 4.69) is 14.5 Å². The first-order valence-corrected chi connectivity index (χ1v) is 6.66. The second-order valence-electron chi connectivity index (χ2n) is 4.73. The fraction of sp³-hybridized carbons (Fsp3) is 0.357. The van der Waals surface area contributed by atoms with E-state index in [1.54, 1.807) is 12.3 Å². The Morgan fingerprint density at radius 3 is 3.05 bits per heavy atom. The number of ether oxygens (including phenoxy) is 1. The van der Waals surface area contributed by atoms with Gasteiger partial charge in [-0.1, -0.05) is 0 Å². The second-order valence-corrected chi connectivity index (χ2v) is 4.73. The van der Waals surface area contributed by atoms with Gasteiger partial charge in [0.1, 0.15) is 5.82 Å². The summed E-state index contributed by atoms with van der Waals surface area (Å²) in [6.07, 6.45) is 3.75. The number of imidazole rings is 1. The Labute approximate surface area is 116 Å². The van der Waals surface area contributed by atoms with Crippen molar-refractivity contribution in [3.8, 4) is 5.75 Å². The number of hydrogen-bond donors (Lipinski definition) is 1. The largest absolute Gasteiger partial charge is 0.491 e. The summed E-state index contributed by atoms with van der Waals surface area (Å²) in [6, 6.07) is 2.99. The molecule has 3 rings (SSSR count). The van der Waals surface area contributed by atoms with Crippen LogP contribution in [0.2, 0.25) is 0 Å². The van der Waals surface area contributed by atoms with Gasteiger partial charge >= 0.3 is 0 Å². The van der Waals surface area contributed by atoms with Crippen molar-refractivity contribution in [2.24, 2.45) is 0 Å². The highest BCUT2D eigenvalue weighted by atomic mass is 19.1. The van der Waals surface area contributed by atoms with Gasteiger partial charge < -0.3 is 19.9 Å². The Morgan fingerprint density at radius 1 is 1.40 bits per heavy atom. The van der Waals surface area contributed by atoms with Gasteiger partial charge in [-0.2, -0.15) is 0 Å². The molecule has 5 nitrogen and oxygen atoms in total. The first-order chi connectivity index (χ1) is 9.69. The molecule has 0 saturated carbocycles. The van der Waals surface area contributed by atoms with Crippen molar-refractivity contribution in [3.63, 3.8) is 0 Å². The molecule has 1 aromatic carbocycles. The third-order valence-electron chi connectivity index (χ3n) is 3.47. The number of hydrogen-bond acceptors (Lipinski definition) is 4. The predicted molar refractivity (Wildman–Crippen MR) is 75.3 cm³/mol. The first kappa shape index (κ1) is 12.8. The van der Waals surface area contributed by atoms with Crippen molar-refractivity contribution in [3.05, 3.63) is 36.2 Å². The van der Waals surface area contributed by atoms with Gasteiger partial charge in [-0.15, -0.1) is 0 Å². The van der Waals surface area contributed by atoms with Crippen molar-refractivity contribution in [2.75, 3.05) is 23.8 Å². The number of nitrogens with two attached hydrogens (primary N) is 1. The summed E-state index contributed by atoms with van der Waals surface area (Å²) >= 11 is 0. The van der Waals surface area contributed by atoms with Crippen molar-refractivity contribution in [1.82, 2.24) is 9.55 Å². The molecule has 0 saturated heterocycles. The molecule has 106 valence electrons. The lowest BCUT2D eigenvalue weighted by atomic mass is 10.2. The van der Waals surface area contributed by atoms with Crippen LogP contribution in [-0.4, -0.2) is 22.7 Å². The zero-order valence-electron chi connectivity index (χ0n) is 11.3. The molecule has 2 aromatic rings. The van der Waals surface area contributed by atoms with Crippen molar-refractivity contribution in [1.29, 1.82) is 0 Å². The highest BCUT2D eigenvalue weighted by Gasteiger charge is 2.20. The molecule has 0 fully saturated rings. The van der Waals surface area contributed by atoms with Gasteiger partial charge in [0, 0.05) is 37.6 Å². The third kappa shape index (κ3) is 2.17. The van der Waals surface area contributed by atoms with Crippen LogP contribution in [0.3, 0.4) is 0 Å². The van der Waals surface area contributed by atoms with E-state index in [-0.39, 0.29) is 5.75 Å². The summed E-state index contributed by atoms with van der Waals surface area (Å²) in [5, 5.41) is 0. The van der Waals surface area contributed by atoms with Crippen molar-refractivity contribution in [2.45, 2.75) is 20.0 Å². The Kier molecular flexibility index (Phi) is 3.22. The van der Waals surface area contributed by atoms with Gasteiger partial charge in [-0.3, -0.25) is 0 Å². The summed E-state index contributed by atoms with van der Waals surface area (Å²) in [6.45, 7) is 4.56. The zero-order valence-corrected chi connectivity index (χ0v) is 11.3. The summed E-state index contributed by atoms with van der Waals surface area (Å²) in [5.74, 6) is 0.801. The van der Waals surface area contributed by atoms with E-state index in [1.807, 2.05) is 13.1 Å². The van der Waals surface area contributed by atoms with E-state index in [9.17, 15) is 4.39 Å². The molecule has 6 heteroatoms. The Hall–Kier alpha value is -2.24. The molecular weight excluding hydrogens is 259 g/mol. The maximum atomic E-state index is 13.7. The molecule has 0 radical (unpaired) electrons. The number of halogens is 1. The molecule has 1 aliphatic heterocycles. The predicted octanol–water partition coefficient (Wildman–Crippen LogP) is 2.02. The quantitative estimate of drug-likeness (QED) is 0.871. The molecule has 2 N–H and O–H groups in total. The van der Waals surface area contributed by atoms with Crippen LogP contribution in [0.1, 0.15) is 12.7 Å². The van der Waals surface area contributed by atoms with Gasteiger partial charge in [-0.05, 0) is 6.92 Å². The molecule has 0 aliphatic carbocycles. The van der Waals surface area contributed by atoms with Gasteiger partial charge in [0.25, 0.3) is 0 Å². The number of aromatic nitrogens is 2. The lowest BCUT2D eigenvalue weighted by Gasteiger charge is -2.30. The summed E-state index contributed by atoms with van der Waals surface area (Å²) in [5.41, 5.74) is 7.17. The van der Waals surface area contributed by atoms with Crippen LogP contribution in [-0.2, 0) is 13.1 Å². The molecule has 20 heavy (non-hydrogen) atoms. The summed E-state index contributed by atoms with van der Waals surface area (Å²) in [7, 11) is 0. The van der Waals surface area contributed by atoms with E-state index < -0.39 is 5.82 Å². The monoisotopic (exact) mass is 276 g/mol. The van der Waals surface area contributed by atoms with E-state index >= 15 is 0 Å². The number of benzene rings is 1. The maximum absolute atomic E-state index is 13.7. The highest BCUT2D eigenvalue weighted by Crippen LogP contribution is 2.32. The first-order valence-electron chi connectivity index (χ1n) is 6.66. The summed E-state index contributed by atoms with van der Waals surface area (Å²) in [4.78, 5) is 6.41. The van der Waals surface area contributed by atoms with E-state index in [4.69, 9.17) is 10.5 Å². The topological polar surface area (TPSA) is 56.3 Å². The fourth-order valence-corrected chi connectivity index (χ4v) is 2.48. The number of rotatable bonds is 3. The SMILES string of the molecule is CCOc1cc(N2CCn3ccnc3C2)c(N)cc1F. The van der Waals surface area contributed by atoms with E-state index in [0.717, 1.165) is 24.6 Å². The average Bonchev–Trinajstić information content (AvgIpc) is 2.89. The van der Waals surface area contributed by atoms with Gasteiger partial charge in [0.15, 0.2) is 11.6 Å². The molecule has 1 aromatic heterocycles. The lowest BCUT2D eigenvalue weighted by Crippen LogP contribution is -2.34. The zero-order chi connectivity index (χ0) is 14.1.